The Morgan fingerprint density at radius 3 is 2.53 bits per heavy atom. The van der Waals surface area contributed by atoms with Crippen molar-refractivity contribution in [3.05, 3.63) is 46.6 Å². The Morgan fingerprint density at radius 1 is 1.29 bits per heavy atom. The summed E-state index contributed by atoms with van der Waals surface area (Å²) in [4.78, 5) is 12.9. The highest BCUT2D eigenvalue weighted by Gasteiger charge is 2.13. The zero-order valence-corrected chi connectivity index (χ0v) is 10.3. The van der Waals surface area contributed by atoms with Gasteiger partial charge in [-0.05, 0) is 36.2 Å². The minimum absolute atomic E-state index is 0.267. The van der Waals surface area contributed by atoms with Crippen molar-refractivity contribution < 1.29 is 13.9 Å². The molecule has 1 aromatic carbocycles. The van der Waals surface area contributed by atoms with Crippen molar-refractivity contribution in [2.45, 2.75) is 6.92 Å². The molecule has 0 unspecified atom stereocenters. The van der Waals surface area contributed by atoms with E-state index >= 15 is 0 Å². The number of ether oxygens (including phenoxy) is 1. The van der Waals surface area contributed by atoms with Crippen molar-refractivity contribution in [3.8, 4) is 10.4 Å². The minimum atomic E-state index is -0.341. The van der Waals surface area contributed by atoms with Crippen molar-refractivity contribution >= 4 is 17.3 Å². The van der Waals surface area contributed by atoms with Gasteiger partial charge in [0.25, 0.3) is 0 Å². The Bertz CT molecular complexity index is 543. The largest absolute Gasteiger partial charge is 0.465 e. The molecule has 88 valence electrons. The van der Waals surface area contributed by atoms with E-state index in [-0.39, 0.29) is 11.8 Å². The second kappa shape index (κ2) is 4.67. The molecule has 0 aliphatic carbocycles. The maximum Gasteiger partial charge on any atom is 0.348 e. The number of carbonyl (C=O) groups excluding carboxylic acids is 1. The average molecular weight is 250 g/mol. The molecule has 0 bridgehead atoms. The summed E-state index contributed by atoms with van der Waals surface area (Å²) in [6.45, 7) is 1.92. The van der Waals surface area contributed by atoms with Gasteiger partial charge in [-0.3, -0.25) is 0 Å². The molecule has 17 heavy (non-hydrogen) atoms. The van der Waals surface area contributed by atoms with Gasteiger partial charge in [0.15, 0.2) is 0 Å². The van der Waals surface area contributed by atoms with E-state index in [1.165, 1.54) is 30.6 Å². The van der Waals surface area contributed by atoms with Gasteiger partial charge in [0.2, 0.25) is 0 Å². The fourth-order valence-corrected chi connectivity index (χ4v) is 2.67. The molecule has 0 aliphatic rings. The van der Waals surface area contributed by atoms with Crippen molar-refractivity contribution in [2.75, 3.05) is 7.11 Å². The van der Waals surface area contributed by atoms with E-state index in [0.29, 0.717) is 4.88 Å². The van der Waals surface area contributed by atoms with Crippen LogP contribution in [0.4, 0.5) is 4.39 Å². The first-order chi connectivity index (χ1) is 8.11. The molecule has 2 nitrogen and oxygen atoms in total. The molecule has 0 spiro atoms. The second-order valence-corrected chi connectivity index (χ2v) is 4.67. The molecule has 0 amide bonds. The molecule has 1 aromatic heterocycles. The van der Waals surface area contributed by atoms with Gasteiger partial charge < -0.3 is 4.74 Å². The summed E-state index contributed by atoms with van der Waals surface area (Å²) in [6, 6.07) is 8.01. The summed E-state index contributed by atoms with van der Waals surface area (Å²) < 4.78 is 17.5. The third-order valence-electron chi connectivity index (χ3n) is 2.41. The summed E-state index contributed by atoms with van der Waals surface area (Å²) in [5, 5.41) is 0. The molecule has 0 fully saturated rings. The summed E-state index contributed by atoms with van der Waals surface area (Å²) in [7, 11) is 1.36. The fourth-order valence-electron chi connectivity index (χ4n) is 1.57. The summed E-state index contributed by atoms with van der Waals surface area (Å²) in [5.41, 5.74) is 1.89. The van der Waals surface area contributed by atoms with E-state index < -0.39 is 0 Å². The molecular formula is C13H11FO2S. The zero-order chi connectivity index (χ0) is 12.4. The molecule has 0 saturated carbocycles. The lowest BCUT2D eigenvalue weighted by Crippen LogP contribution is -1.96. The molecule has 0 N–H and O–H groups in total. The first-order valence-electron chi connectivity index (χ1n) is 5.06. The zero-order valence-electron chi connectivity index (χ0n) is 9.49. The van der Waals surface area contributed by atoms with Crippen LogP contribution in [0.1, 0.15) is 15.2 Å². The van der Waals surface area contributed by atoms with E-state index in [4.69, 9.17) is 0 Å². The van der Waals surface area contributed by atoms with Gasteiger partial charge in [-0.25, -0.2) is 9.18 Å². The van der Waals surface area contributed by atoms with Crippen LogP contribution in [-0.4, -0.2) is 13.1 Å². The third-order valence-corrected chi connectivity index (χ3v) is 3.68. The molecule has 0 atom stereocenters. The highest BCUT2D eigenvalue weighted by molar-refractivity contribution is 7.17. The van der Waals surface area contributed by atoms with Gasteiger partial charge in [-0.15, -0.1) is 11.3 Å². The van der Waals surface area contributed by atoms with Crippen LogP contribution >= 0.6 is 11.3 Å². The summed E-state index contributed by atoms with van der Waals surface area (Å²) in [5.74, 6) is -0.609. The number of hydrogen-bond acceptors (Lipinski definition) is 3. The van der Waals surface area contributed by atoms with E-state index in [2.05, 4.69) is 4.74 Å². The predicted molar refractivity (Wildman–Crippen MR) is 65.8 cm³/mol. The molecular weight excluding hydrogens is 239 g/mol. The van der Waals surface area contributed by atoms with Crippen molar-refractivity contribution in [3.63, 3.8) is 0 Å². The van der Waals surface area contributed by atoms with E-state index in [0.717, 1.165) is 16.0 Å². The number of rotatable bonds is 2. The second-order valence-electron chi connectivity index (χ2n) is 3.62. The van der Waals surface area contributed by atoms with Crippen LogP contribution in [-0.2, 0) is 4.74 Å². The average Bonchev–Trinajstić information content (AvgIpc) is 2.71. The van der Waals surface area contributed by atoms with Gasteiger partial charge in [-0.1, -0.05) is 12.1 Å². The molecule has 1 heterocycles. The van der Waals surface area contributed by atoms with Crippen LogP contribution in [0.25, 0.3) is 10.4 Å². The molecule has 4 heteroatoms. The smallest absolute Gasteiger partial charge is 0.348 e. The van der Waals surface area contributed by atoms with Gasteiger partial charge in [0.1, 0.15) is 10.7 Å². The lowest BCUT2D eigenvalue weighted by atomic mass is 10.1. The van der Waals surface area contributed by atoms with Crippen LogP contribution < -0.4 is 0 Å². The first kappa shape index (κ1) is 11.8. The number of aryl methyl sites for hydroxylation is 1. The highest BCUT2D eigenvalue weighted by Crippen LogP contribution is 2.32. The number of benzene rings is 1. The Morgan fingerprint density at radius 2 is 1.94 bits per heavy atom. The molecule has 0 aliphatic heterocycles. The monoisotopic (exact) mass is 250 g/mol. The Kier molecular flexibility index (Phi) is 3.24. The lowest BCUT2D eigenvalue weighted by molar-refractivity contribution is 0.0606. The molecule has 2 rings (SSSR count). The number of methoxy groups -OCH3 is 1. The number of esters is 1. The standard InChI is InChI=1S/C13H11FO2S/c1-8-7-11(13(15)16-2)17-12(8)9-3-5-10(14)6-4-9/h3-7H,1-2H3. The van der Waals surface area contributed by atoms with Gasteiger partial charge in [-0.2, -0.15) is 0 Å². The predicted octanol–water partition coefficient (Wildman–Crippen LogP) is 3.65. The van der Waals surface area contributed by atoms with Gasteiger partial charge in [0, 0.05) is 4.88 Å². The van der Waals surface area contributed by atoms with Gasteiger partial charge >= 0.3 is 5.97 Å². The number of carbonyl (C=O) groups is 1. The van der Waals surface area contributed by atoms with Crippen LogP contribution in [0.5, 0.6) is 0 Å². The topological polar surface area (TPSA) is 26.3 Å². The van der Waals surface area contributed by atoms with E-state index in [1.54, 1.807) is 18.2 Å². The van der Waals surface area contributed by atoms with Crippen molar-refractivity contribution in [1.82, 2.24) is 0 Å². The maximum absolute atomic E-state index is 12.8. The van der Waals surface area contributed by atoms with E-state index in [1.807, 2.05) is 6.92 Å². The van der Waals surface area contributed by atoms with Crippen molar-refractivity contribution in [1.29, 1.82) is 0 Å². The number of hydrogen-bond donors (Lipinski definition) is 0. The van der Waals surface area contributed by atoms with Crippen LogP contribution in [0.3, 0.4) is 0 Å². The molecule has 2 aromatic rings. The highest BCUT2D eigenvalue weighted by atomic mass is 32.1. The van der Waals surface area contributed by atoms with Crippen LogP contribution in [0.2, 0.25) is 0 Å². The van der Waals surface area contributed by atoms with Crippen molar-refractivity contribution in [2.24, 2.45) is 0 Å². The third kappa shape index (κ3) is 2.36. The minimum Gasteiger partial charge on any atom is -0.465 e. The first-order valence-corrected chi connectivity index (χ1v) is 5.88. The molecule has 0 radical (unpaired) electrons. The normalized spacial score (nSPS) is 10.3. The quantitative estimate of drug-likeness (QED) is 0.760. The summed E-state index contributed by atoms with van der Waals surface area (Å²) >= 11 is 1.35. The Labute approximate surface area is 103 Å². The SMILES string of the molecule is COC(=O)c1cc(C)c(-c2ccc(F)cc2)s1. The van der Waals surface area contributed by atoms with Gasteiger partial charge in [0.05, 0.1) is 7.11 Å². The molecule has 0 saturated heterocycles. The van der Waals surface area contributed by atoms with Crippen LogP contribution in [0.15, 0.2) is 30.3 Å². The van der Waals surface area contributed by atoms with Crippen LogP contribution in [0, 0.1) is 12.7 Å². The fraction of sp³-hybridized carbons (Fsp3) is 0.154. The Hall–Kier alpha value is -1.68. The van der Waals surface area contributed by atoms with E-state index in [9.17, 15) is 9.18 Å². The lowest BCUT2D eigenvalue weighted by Gasteiger charge is -1.98. The number of thiophene rings is 1. The Balaban J connectivity index is 2.42. The number of halogens is 1. The summed E-state index contributed by atoms with van der Waals surface area (Å²) in [6.07, 6.45) is 0. The maximum atomic E-state index is 12.8.